The molecule has 0 saturated heterocycles. The number of nitrogens with zero attached hydrogens (tertiary/aromatic N) is 1. The van der Waals surface area contributed by atoms with Crippen molar-refractivity contribution in [2.24, 2.45) is 0 Å². The first-order chi connectivity index (χ1) is 7.25. The zero-order chi connectivity index (χ0) is 11.1. The van der Waals surface area contributed by atoms with E-state index in [-0.39, 0.29) is 11.8 Å². The van der Waals surface area contributed by atoms with Crippen LogP contribution in [0, 0.1) is 0 Å². The second kappa shape index (κ2) is 6.81. The van der Waals surface area contributed by atoms with Gasteiger partial charge in [-0.05, 0) is 23.7 Å². The molecule has 0 unspecified atom stereocenters. The van der Waals surface area contributed by atoms with Gasteiger partial charge in [0.05, 0.1) is 0 Å². The Labute approximate surface area is 103 Å². The van der Waals surface area contributed by atoms with Crippen LogP contribution in [0.4, 0.5) is 0 Å². The van der Waals surface area contributed by atoms with E-state index in [9.17, 15) is 10.2 Å². The van der Waals surface area contributed by atoms with E-state index in [1.807, 2.05) is 0 Å². The zero-order valence-electron chi connectivity index (χ0n) is 8.53. The molecule has 0 saturated carbocycles. The van der Waals surface area contributed by atoms with Crippen molar-refractivity contribution < 1.29 is 15.1 Å². The van der Waals surface area contributed by atoms with E-state index in [2.05, 4.69) is 22.6 Å². The first kappa shape index (κ1) is 12.5. The lowest BCUT2D eigenvalue weighted by molar-refractivity contribution is 0.0728. The second-order valence-corrected chi connectivity index (χ2v) is 4.36. The van der Waals surface area contributed by atoms with Crippen LogP contribution in [0.1, 0.15) is 25.7 Å². The predicted molar refractivity (Wildman–Crippen MR) is 66.6 cm³/mol. The number of unbranched alkanes of at least 4 members (excludes halogenated alkanes) is 3. The maximum Gasteiger partial charge on any atom is 0.229 e. The minimum atomic E-state index is -0.0697. The van der Waals surface area contributed by atoms with Crippen LogP contribution in [0.5, 0.6) is 11.8 Å². The third kappa shape index (κ3) is 4.19. The lowest BCUT2D eigenvalue weighted by atomic mass is 10.2. The molecule has 2 N–H and O–H groups in total. The molecule has 0 fully saturated rings. The van der Waals surface area contributed by atoms with Gasteiger partial charge in [-0.1, -0.05) is 29.0 Å². The molecule has 0 amide bonds. The molecule has 0 bridgehead atoms. The van der Waals surface area contributed by atoms with Gasteiger partial charge in [-0.2, -0.15) is 0 Å². The fourth-order valence-electron chi connectivity index (χ4n) is 1.24. The minimum Gasteiger partial charge on any atom is -0.492 e. The Morgan fingerprint density at radius 2 is 1.67 bits per heavy atom. The van der Waals surface area contributed by atoms with Crippen LogP contribution in [0.15, 0.2) is 12.1 Å². The number of rotatable bonds is 7. The Morgan fingerprint density at radius 1 is 1.07 bits per heavy atom. The van der Waals surface area contributed by atoms with Crippen LogP contribution in [0.2, 0.25) is 0 Å². The second-order valence-electron chi connectivity index (χ2n) is 3.28. The van der Waals surface area contributed by atoms with Gasteiger partial charge in [0.25, 0.3) is 0 Å². The first-order valence-corrected chi connectivity index (χ1v) is 6.57. The average Bonchev–Trinajstić information content (AvgIpc) is 2.54. The van der Waals surface area contributed by atoms with Crippen molar-refractivity contribution in [2.45, 2.75) is 25.7 Å². The highest BCUT2D eigenvalue weighted by Gasteiger charge is 2.05. The van der Waals surface area contributed by atoms with E-state index in [1.165, 1.54) is 29.4 Å². The summed E-state index contributed by atoms with van der Waals surface area (Å²) in [5.41, 5.74) is 0. The zero-order valence-corrected chi connectivity index (χ0v) is 10.7. The van der Waals surface area contributed by atoms with Crippen LogP contribution in [-0.4, -0.2) is 26.0 Å². The van der Waals surface area contributed by atoms with Gasteiger partial charge in [0.2, 0.25) is 11.8 Å². The lowest BCUT2D eigenvalue weighted by Gasteiger charge is -2.08. The number of aromatic hydroxyl groups is 2. The Kier molecular flexibility index (Phi) is 5.67. The van der Waals surface area contributed by atoms with E-state index in [1.54, 1.807) is 0 Å². The summed E-state index contributed by atoms with van der Waals surface area (Å²) in [5, 5.41) is 18.5. The molecule has 86 valence electrons. The molecule has 0 radical (unpaired) electrons. The molecule has 1 aromatic rings. The highest BCUT2D eigenvalue weighted by atomic mass is 127. The molecule has 4 nitrogen and oxygen atoms in total. The van der Waals surface area contributed by atoms with Crippen LogP contribution in [0.3, 0.4) is 0 Å². The van der Waals surface area contributed by atoms with Crippen LogP contribution in [-0.2, 0) is 0 Å². The van der Waals surface area contributed by atoms with Gasteiger partial charge in [0, 0.05) is 12.1 Å². The van der Waals surface area contributed by atoms with Crippen molar-refractivity contribution in [1.29, 1.82) is 0 Å². The number of alkyl halides is 1. The first-order valence-electron chi connectivity index (χ1n) is 5.04. The highest BCUT2D eigenvalue weighted by molar-refractivity contribution is 14.1. The van der Waals surface area contributed by atoms with Crippen molar-refractivity contribution in [3.05, 3.63) is 12.1 Å². The summed E-state index contributed by atoms with van der Waals surface area (Å²) in [4.78, 5) is 5.20. The molecular formula is C10H16INO3. The molecule has 0 aliphatic carbocycles. The molecule has 0 spiro atoms. The minimum absolute atomic E-state index is 0.0697. The number of halogens is 1. The van der Waals surface area contributed by atoms with Gasteiger partial charge in [-0.25, -0.2) is 0 Å². The van der Waals surface area contributed by atoms with Gasteiger partial charge in [-0.15, -0.1) is 4.73 Å². The maximum atomic E-state index is 9.25. The monoisotopic (exact) mass is 325 g/mol. The molecule has 15 heavy (non-hydrogen) atoms. The Bertz CT molecular complexity index is 269. The summed E-state index contributed by atoms with van der Waals surface area (Å²) in [7, 11) is 0. The highest BCUT2D eigenvalue weighted by Crippen LogP contribution is 2.18. The molecule has 0 aliphatic heterocycles. The van der Waals surface area contributed by atoms with Gasteiger partial charge in [-0.3, -0.25) is 0 Å². The summed E-state index contributed by atoms with van der Waals surface area (Å²) in [6.45, 7) is 0.511. The van der Waals surface area contributed by atoms with Gasteiger partial charge in [0.1, 0.15) is 6.61 Å². The van der Waals surface area contributed by atoms with Gasteiger partial charge >= 0.3 is 0 Å². The van der Waals surface area contributed by atoms with Gasteiger partial charge in [0.15, 0.2) is 0 Å². The predicted octanol–water partition coefficient (Wildman–Crippen LogP) is 2.32. The summed E-state index contributed by atoms with van der Waals surface area (Å²) in [6, 6.07) is 2.79. The van der Waals surface area contributed by atoms with Crippen LogP contribution in [0.25, 0.3) is 0 Å². The topological polar surface area (TPSA) is 54.6 Å². The molecule has 1 heterocycles. The molecule has 0 atom stereocenters. The maximum absolute atomic E-state index is 9.25. The Hall–Kier alpha value is -0.590. The van der Waals surface area contributed by atoms with Crippen molar-refractivity contribution in [3.63, 3.8) is 0 Å². The van der Waals surface area contributed by atoms with Crippen LogP contribution < -0.4 is 4.84 Å². The lowest BCUT2D eigenvalue weighted by Crippen LogP contribution is -2.11. The quantitative estimate of drug-likeness (QED) is 0.460. The fraction of sp³-hybridized carbons (Fsp3) is 0.600. The van der Waals surface area contributed by atoms with E-state index >= 15 is 0 Å². The smallest absolute Gasteiger partial charge is 0.229 e. The van der Waals surface area contributed by atoms with E-state index < -0.39 is 0 Å². The number of hydrogen-bond acceptors (Lipinski definition) is 3. The molecule has 0 aliphatic rings. The van der Waals surface area contributed by atoms with Crippen LogP contribution >= 0.6 is 22.6 Å². The van der Waals surface area contributed by atoms with E-state index in [4.69, 9.17) is 4.84 Å². The molecule has 1 aromatic heterocycles. The largest absolute Gasteiger partial charge is 0.492 e. The third-order valence-electron chi connectivity index (χ3n) is 2.05. The molecule has 5 heteroatoms. The van der Waals surface area contributed by atoms with Gasteiger partial charge < -0.3 is 15.1 Å². The Morgan fingerprint density at radius 3 is 2.27 bits per heavy atom. The third-order valence-corrected chi connectivity index (χ3v) is 2.81. The summed E-state index contributed by atoms with van der Waals surface area (Å²) in [5.74, 6) is -0.139. The SMILES string of the molecule is Oc1ccc(O)n1OCCCCCCI. The van der Waals surface area contributed by atoms with Crippen molar-refractivity contribution in [1.82, 2.24) is 4.73 Å². The van der Waals surface area contributed by atoms with Crippen molar-refractivity contribution in [2.75, 3.05) is 11.0 Å². The molecule has 1 rings (SSSR count). The Balaban J connectivity index is 2.15. The summed E-state index contributed by atoms with van der Waals surface area (Å²) >= 11 is 2.36. The van der Waals surface area contributed by atoms with Crippen molar-refractivity contribution in [3.8, 4) is 11.8 Å². The number of hydrogen-bond donors (Lipinski definition) is 2. The van der Waals surface area contributed by atoms with Crippen molar-refractivity contribution >= 4 is 22.6 Å². The molecule has 0 aromatic carbocycles. The standard InChI is InChI=1S/C10H16INO3/c11-7-3-1-2-4-8-15-12-9(13)5-6-10(12)14/h5-6,13-14H,1-4,7-8H2. The van der Waals surface area contributed by atoms with E-state index in [0.29, 0.717) is 6.61 Å². The summed E-state index contributed by atoms with van der Waals surface area (Å²) in [6.07, 6.45) is 4.50. The normalized spacial score (nSPS) is 10.5. The molecular weight excluding hydrogens is 309 g/mol. The average molecular weight is 325 g/mol. The number of aromatic nitrogens is 1. The van der Waals surface area contributed by atoms with E-state index in [0.717, 1.165) is 17.6 Å². The fourth-order valence-corrected chi connectivity index (χ4v) is 1.78. The summed E-state index contributed by atoms with van der Waals surface area (Å²) < 4.78 is 2.23.